The highest BCUT2D eigenvalue weighted by molar-refractivity contribution is 5.86. The molecule has 2 aliphatic rings. The number of carbonyl (C=O) groups excluding carboxylic acids is 2. The number of rotatable bonds is 8. The first kappa shape index (κ1) is 22.8. The van der Waals surface area contributed by atoms with E-state index in [1.54, 1.807) is 0 Å². The number of hydrogen-bond donors (Lipinski definition) is 3. The molecule has 0 aromatic heterocycles. The van der Waals surface area contributed by atoms with Crippen molar-refractivity contribution in [1.82, 2.24) is 10.6 Å². The smallest absolute Gasteiger partial charge is 0.407 e. The number of amides is 2. The first-order valence-electron chi connectivity index (χ1n) is 11.1. The SMILES string of the molecule is COC[C@H](NC(=O)OCC1c2ccccc2-c2ccccc21)C(=O)NC1CCC(C(=O)O)C1. The topological polar surface area (TPSA) is 114 Å². The average Bonchev–Trinajstić information content (AvgIpc) is 3.40. The van der Waals surface area contributed by atoms with E-state index in [1.165, 1.54) is 7.11 Å². The summed E-state index contributed by atoms with van der Waals surface area (Å²) in [5.41, 5.74) is 4.48. The molecule has 2 amide bonds. The highest BCUT2D eigenvalue weighted by Crippen LogP contribution is 2.44. The molecule has 0 aliphatic heterocycles. The Bertz CT molecular complexity index is 994. The van der Waals surface area contributed by atoms with E-state index in [-0.39, 0.29) is 25.2 Å². The third-order valence-corrected chi connectivity index (χ3v) is 6.41. The quantitative estimate of drug-likeness (QED) is 0.568. The number of carboxylic acids is 1. The van der Waals surface area contributed by atoms with Crippen molar-refractivity contribution in [2.75, 3.05) is 20.3 Å². The number of aliphatic carboxylic acids is 1. The molecular formula is C25H28N2O6. The van der Waals surface area contributed by atoms with Crippen LogP contribution in [0.3, 0.4) is 0 Å². The molecule has 8 heteroatoms. The summed E-state index contributed by atoms with van der Waals surface area (Å²) in [6, 6.07) is 14.9. The van der Waals surface area contributed by atoms with Crippen molar-refractivity contribution in [1.29, 1.82) is 0 Å². The molecule has 0 saturated heterocycles. The number of ether oxygens (including phenoxy) is 2. The molecule has 0 bridgehead atoms. The van der Waals surface area contributed by atoms with Crippen LogP contribution in [0, 0.1) is 5.92 Å². The van der Waals surface area contributed by atoms with Gasteiger partial charge in [-0.05, 0) is 41.5 Å². The van der Waals surface area contributed by atoms with Gasteiger partial charge >= 0.3 is 12.1 Å². The van der Waals surface area contributed by atoms with Gasteiger partial charge in [0.1, 0.15) is 12.6 Å². The minimum atomic E-state index is -0.936. The molecule has 33 heavy (non-hydrogen) atoms. The number of alkyl carbamates (subject to hydrolysis) is 1. The van der Waals surface area contributed by atoms with E-state index in [1.807, 2.05) is 36.4 Å². The molecule has 1 fully saturated rings. The van der Waals surface area contributed by atoms with Crippen molar-refractivity contribution in [2.24, 2.45) is 5.92 Å². The van der Waals surface area contributed by atoms with Crippen LogP contribution in [-0.2, 0) is 19.1 Å². The van der Waals surface area contributed by atoms with E-state index >= 15 is 0 Å². The van der Waals surface area contributed by atoms with Crippen LogP contribution in [0.2, 0.25) is 0 Å². The summed E-state index contributed by atoms with van der Waals surface area (Å²) in [6.45, 7) is 0.120. The van der Waals surface area contributed by atoms with Gasteiger partial charge < -0.3 is 25.2 Å². The highest BCUT2D eigenvalue weighted by Gasteiger charge is 2.33. The van der Waals surface area contributed by atoms with Crippen LogP contribution < -0.4 is 10.6 Å². The van der Waals surface area contributed by atoms with E-state index in [0.717, 1.165) is 22.3 Å². The van der Waals surface area contributed by atoms with Gasteiger partial charge in [-0.15, -0.1) is 0 Å². The van der Waals surface area contributed by atoms with Crippen molar-refractivity contribution < 1.29 is 29.0 Å². The fourth-order valence-electron chi connectivity index (χ4n) is 4.77. The summed E-state index contributed by atoms with van der Waals surface area (Å²) in [4.78, 5) is 36.4. The van der Waals surface area contributed by atoms with Gasteiger partial charge in [0.25, 0.3) is 0 Å². The van der Waals surface area contributed by atoms with Crippen LogP contribution in [0.1, 0.15) is 36.3 Å². The molecule has 1 saturated carbocycles. The number of methoxy groups -OCH3 is 1. The highest BCUT2D eigenvalue weighted by atomic mass is 16.5. The number of carboxylic acid groups (broad SMARTS) is 1. The van der Waals surface area contributed by atoms with Gasteiger partial charge in [0.2, 0.25) is 5.91 Å². The van der Waals surface area contributed by atoms with E-state index in [0.29, 0.717) is 19.3 Å². The first-order valence-corrected chi connectivity index (χ1v) is 11.1. The van der Waals surface area contributed by atoms with Gasteiger partial charge in [-0.25, -0.2) is 4.79 Å². The summed E-state index contributed by atoms with van der Waals surface area (Å²) in [5, 5.41) is 14.6. The van der Waals surface area contributed by atoms with E-state index in [2.05, 4.69) is 22.8 Å². The molecule has 3 atom stereocenters. The number of benzene rings is 2. The summed E-state index contributed by atoms with van der Waals surface area (Å²) in [7, 11) is 1.44. The monoisotopic (exact) mass is 452 g/mol. The van der Waals surface area contributed by atoms with Crippen molar-refractivity contribution in [3.05, 3.63) is 59.7 Å². The van der Waals surface area contributed by atoms with Crippen LogP contribution in [0.5, 0.6) is 0 Å². The van der Waals surface area contributed by atoms with Crippen molar-refractivity contribution >= 4 is 18.0 Å². The lowest BCUT2D eigenvalue weighted by Crippen LogP contribution is -2.51. The second-order valence-electron chi connectivity index (χ2n) is 8.53. The van der Waals surface area contributed by atoms with Crippen LogP contribution in [0.15, 0.2) is 48.5 Å². The molecule has 174 valence electrons. The lowest BCUT2D eigenvalue weighted by molar-refractivity contribution is -0.141. The van der Waals surface area contributed by atoms with E-state index < -0.39 is 29.9 Å². The predicted molar refractivity (Wildman–Crippen MR) is 121 cm³/mol. The average molecular weight is 453 g/mol. The normalized spacial score (nSPS) is 19.9. The van der Waals surface area contributed by atoms with Gasteiger partial charge in [0, 0.05) is 19.1 Å². The summed E-state index contributed by atoms with van der Waals surface area (Å²) >= 11 is 0. The van der Waals surface area contributed by atoms with Gasteiger partial charge in [-0.3, -0.25) is 9.59 Å². The fourth-order valence-corrected chi connectivity index (χ4v) is 4.77. The van der Waals surface area contributed by atoms with Gasteiger partial charge in [-0.2, -0.15) is 0 Å². The predicted octanol–water partition coefficient (Wildman–Crippen LogP) is 2.91. The Morgan fingerprint density at radius 3 is 2.24 bits per heavy atom. The molecule has 2 aliphatic carbocycles. The maximum Gasteiger partial charge on any atom is 0.407 e. The molecular weight excluding hydrogens is 424 g/mol. The van der Waals surface area contributed by atoms with Crippen molar-refractivity contribution in [3.63, 3.8) is 0 Å². The molecule has 0 radical (unpaired) electrons. The molecule has 3 N–H and O–H groups in total. The maximum atomic E-state index is 12.7. The van der Waals surface area contributed by atoms with Crippen LogP contribution in [-0.4, -0.2) is 55.5 Å². The Labute approximate surface area is 192 Å². The summed E-state index contributed by atoms with van der Waals surface area (Å²) in [5.74, 6) is -1.80. The number of carbonyl (C=O) groups is 3. The first-order chi connectivity index (χ1) is 16.0. The molecule has 4 rings (SSSR count). The minimum absolute atomic E-state index is 0.0227. The van der Waals surface area contributed by atoms with Gasteiger partial charge in [0.15, 0.2) is 0 Å². The molecule has 0 heterocycles. The van der Waals surface area contributed by atoms with E-state index in [9.17, 15) is 14.4 Å². The Morgan fingerprint density at radius 2 is 1.67 bits per heavy atom. The summed E-state index contributed by atoms with van der Waals surface area (Å²) in [6.07, 6.45) is 0.789. The molecule has 2 aromatic carbocycles. The van der Waals surface area contributed by atoms with Gasteiger partial charge in [-0.1, -0.05) is 48.5 Å². The molecule has 8 nitrogen and oxygen atoms in total. The third-order valence-electron chi connectivity index (χ3n) is 6.41. The number of nitrogens with one attached hydrogen (secondary N) is 2. The fraction of sp³-hybridized carbons (Fsp3) is 0.400. The second-order valence-corrected chi connectivity index (χ2v) is 8.53. The third kappa shape index (κ3) is 5.01. The van der Waals surface area contributed by atoms with Crippen LogP contribution >= 0.6 is 0 Å². The zero-order chi connectivity index (χ0) is 23.4. The Kier molecular flexibility index (Phi) is 6.93. The molecule has 2 aromatic rings. The number of hydrogen-bond acceptors (Lipinski definition) is 5. The van der Waals surface area contributed by atoms with Crippen molar-refractivity contribution in [2.45, 2.75) is 37.3 Å². The standard InChI is InChI=1S/C25H28N2O6/c1-32-14-22(23(28)26-16-11-10-15(12-16)24(29)30)27-25(31)33-13-21-19-8-4-2-6-17(19)18-7-3-5-9-20(18)21/h2-9,15-16,21-22H,10-14H2,1H3,(H,26,28)(H,27,31)(H,29,30)/t15?,16?,22-/m0/s1. The van der Waals surface area contributed by atoms with Gasteiger partial charge in [0.05, 0.1) is 12.5 Å². The zero-order valence-electron chi connectivity index (χ0n) is 18.5. The Morgan fingerprint density at radius 1 is 1.03 bits per heavy atom. The molecule has 2 unspecified atom stereocenters. The Balaban J connectivity index is 1.35. The van der Waals surface area contributed by atoms with Crippen molar-refractivity contribution in [3.8, 4) is 11.1 Å². The Hall–Kier alpha value is -3.39. The maximum absolute atomic E-state index is 12.7. The van der Waals surface area contributed by atoms with Crippen LogP contribution in [0.4, 0.5) is 4.79 Å². The largest absolute Gasteiger partial charge is 0.481 e. The number of fused-ring (bicyclic) bond motifs is 3. The zero-order valence-corrected chi connectivity index (χ0v) is 18.5. The molecule has 0 spiro atoms. The minimum Gasteiger partial charge on any atom is -0.481 e. The second kappa shape index (κ2) is 10.0. The lowest BCUT2D eigenvalue weighted by Gasteiger charge is -2.21. The summed E-state index contributed by atoms with van der Waals surface area (Å²) < 4.78 is 10.6. The van der Waals surface area contributed by atoms with Crippen LogP contribution in [0.25, 0.3) is 11.1 Å². The lowest BCUT2D eigenvalue weighted by atomic mass is 9.98. The van der Waals surface area contributed by atoms with E-state index in [4.69, 9.17) is 14.6 Å².